The summed E-state index contributed by atoms with van der Waals surface area (Å²) in [6.07, 6.45) is 6.71. The topological polar surface area (TPSA) is 23.5 Å². The van der Waals surface area contributed by atoms with Crippen molar-refractivity contribution in [3.8, 4) is 0 Å². The minimum Gasteiger partial charge on any atom is -0.314 e. The Hall–Kier alpha value is -0.0800. The molecule has 2 nitrogen and oxygen atoms in total. The first-order chi connectivity index (χ1) is 4.81. The van der Waals surface area contributed by atoms with Gasteiger partial charge in [0, 0.05) is 13.1 Å². The first kappa shape index (κ1) is 6.62. The lowest BCUT2D eigenvalue weighted by Crippen LogP contribution is -2.42. The van der Waals surface area contributed by atoms with Gasteiger partial charge in [0.15, 0.2) is 0 Å². The predicted molar refractivity (Wildman–Crippen MR) is 38.9 cm³/mol. The highest BCUT2D eigenvalue weighted by atomic mass is 16.5. The summed E-state index contributed by atoms with van der Waals surface area (Å²) in [7, 11) is 0. The van der Waals surface area contributed by atoms with Crippen molar-refractivity contribution in [3.05, 3.63) is 0 Å². The Morgan fingerprint density at radius 1 is 1.00 bits per heavy atom. The first-order valence-electron chi connectivity index (χ1n) is 4.25. The average Bonchev–Trinajstić information content (AvgIpc) is 1.86. The molecule has 0 unspecified atom stereocenters. The van der Waals surface area contributed by atoms with Crippen molar-refractivity contribution < 1.29 is 5.21 Å². The Labute approximate surface area is 61.8 Å². The molecular weight excluding hydrogens is 126 g/mol. The van der Waals surface area contributed by atoms with Crippen LogP contribution < -0.4 is 0 Å². The molecule has 1 saturated carbocycles. The van der Waals surface area contributed by atoms with Gasteiger partial charge in [-0.2, -0.15) is 5.06 Å². The van der Waals surface area contributed by atoms with Crippen LogP contribution >= 0.6 is 0 Å². The molecule has 1 aliphatic heterocycles. The second kappa shape index (κ2) is 2.21. The summed E-state index contributed by atoms with van der Waals surface area (Å²) in [6.45, 7) is 1.81. The van der Waals surface area contributed by atoms with Crippen molar-refractivity contribution >= 4 is 0 Å². The van der Waals surface area contributed by atoms with E-state index in [2.05, 4.69) is 0 Å². The molecule has 0 bridgehead atoms. The Morgan fingerprint density at radius 2 is 1.60 bits per heavy atom. The van der Waals surface area contributed by atoms with Gasteiger partial charge in [-0.25, -0.2) is 0 Å². The second-order valence-electron chi connectivity index (χ2n) is 3.81. The third kappa shape index (κ3) is 0.956. The highest BCUT2D eigenvalue weighted by Crippen LogP contribution is 2.48. The zero-order valence-corrected chi connectivity index (χ0v) is 6.34. The van der Waals surface area contributed by atoms with E-state index in [4.69, 9.17) is 5.21 Å². The SMILES string of the molecule is ON1CCC2(CCC2)CC1. The molecule has 58 valence electrons. The molecule has 2 heteroatoms. The maximum atomic E-state index is 9.09. The Bertz CT molecular complexity index is 121. The van der Waals surface area contributed by atoms with Crippen LogP contribution in [0.4, 0.5) is 0 Å². The molecule has 2 aliphatic rings. The number of rotatable bonds is 0. The van der Waals surface area contributed by atoms with E-state index in [0.29, 0.717) is 5.41 Å². The summed E-state index contributed by atoms with van der Waals surface area (Å²) in [5.74, 6) is 0. The molecule has 0 aromatic rings. The van der Waals surface area contributed by atoms with Crippen LogP contribution in [-0.4, -0.2) is 23.4 Å². The first-order valence-corrected chi connectivity index (χ1v) is 4.25. The van der Waals surface area contributed by atoms with Crippen LogP contribution in [0.5, 0.6) is 0 Å². The van der Waals surface area contributed by atoms with E-state index in [1.807, 2.05) is 0 Å². The van der Waals surface area contributed by atoms with E-state index in [-0.39, 0.29) is 0 Å². The summed E-state index contributed by atoms with van der Waals surface area (Å²) >= 11 is 0. The molecule has 1 spiro atoms. The fourth-order valence-corrected chi connectivity index (χ4v) is 2.15. The smallest absolute Gasteiger partial charge is 0.0243 e. The van der Waals surface area contributed by atoms with E-state index in [1.54, 1.807) is 0 Å². The Kier molecular flexibility index (Phi) is 1.46. The molecule has 1 saturated heterocycles. The van der Waals surface area contributed by atoms with Crippen LogP contribution in [0.3, 0.4) is 0 Å². The predicted octanol–water partition coefficient (Wildman–Crippen LogP) is 1.64. The molecule has 1 aliphatic carbocycles. The minimum absolute atomic E-state index is 0.680. The van der Waals surface area contributed by atoms with Gasteiger partial charge in [-0.15, -0.1) is 0 Å². The summed E-state index contributed by atoms with van der Waals surface area (Å²) in [5.41, 5.74) is 0.680. The minimum atomic E-state index is 0.680. The van der Waals surface area contributed by atoms with Crippen LogP contribution in [0.2, 0.25) is 0 Å². The van der Waals surface area contributed by atoms with Gasteiger partial charge in [-0.05, 0) is 31.1 Å². The normalized spacial score (nSPS) is 32.1. The van der Waals surface area contributed by atoms with Gasteiger partial charge in [0.05, 0.1) is 0 Å². The fraction of sp³-hybridized carbons (Fsp3) is 1.00. The van der Waals surface area contributed by atoms with E-state index in [9.17, 15) is 0 Å². The van der Waals surface area contributed by atoms with E-state index in [0.717, 1.165) is 13.1 Å². The van der Waals surface area contributed by atoms with Crippen molar-refractivity contribution in [2.75, 3.05) is 13.1 Å². The summed E-state index contributed by atoms with van der Waals surface area (Å²) < 4.78 is 0. The molecule has 10 heavy (non-hydrogen) atoms. The van der Waals surface area contributed by atoms with Gasteiger partial charge < -0.3 is 5.21 Å². The van der Waals surface area contributed by atoms with Gasteiger partial charge >= 0.3 is 0 Å². The summed E-state index contributed by atoms with van der Waals surface area (Å²) in [6, 6.07) is 0. The molecule has 2 fully saturated rings. The standard InChI is InChI=1S/C8H15NO/c10-9-6-4-8(5-7-9)2-1-3-8/h10H,1-7H2. The lowest BCUT2D eigenvalue weighted by Gasteiger charge is -2.46. The maximum Gasteiger partial charge on any atom is 0.0243 e. The zero-order valence-electron chi connectivity index (χ0n) is 6.34. The van der Waals surface area contributed by atoms with Crippen LogP contribution in [-0.2, 0) is 0 Å². The highest BCUT2D eigenvalue weighted by Gasteiger charge is 2.39. The van der Waals surface area contributed by atoms with Gasteiger partial charge in [-0.3, -0.25) is 0 Å². The molecular formula is C8H15NO. The van der Waals surface area contributed by atoms with E-state index >= 15 is 0 Å². The third-order valence-corrected chi connectivity index (χ3v) is 3.21. The van der Waals surface area contributed by atoms with E-state index < -0.39 is 0 Å². The van der Waals surface area contributed by atoms with Crippen molar-refractivity contribution in [2.45, 2.75) is 32.1 Å². The molecule has 0 aromatic carbocycles. The largest absolute Gasteiger partial charge is 0.314 e. The second-order valence-corrected chi connectivity index (χ2v) is 3.81. The van der Waals surface area contributed by atoms with Gasteiger partial charge in [-0.1, -0.05) is 6.42 Å². The van der Waals surface area contributed by atoms with Crippen molar-refractivity contribution in [1.82, 2.24) is 5.06 Å². The van der Waals surface area contributed by atoms with Crippen LogP contribution in [0.15, 0.2) is 0 Å². The number of hydrogen-bond acceptors (Lipinski definition) is 2. The molecule has 0 amide bonds. The number of hydrogen-bond donors (Lipinski definition) is 1. The molecule has 1 N–H and O–H groups in total. The van der Waals surface area contributed by atoms with Gasteiger partial charge in [0.1, 0.15) is 0 Å². The summed E-state index contributed by atoms with van der Waals surface area (Å²) in [5, 5.41) is 10.6. The quantitative estimate of drug-likeness (QED) is 0.554. The molecule has 0 atom stereocenters. The average molecular weight is 141 g/mol. The van der Waals surface area contributed by atoms with Crippen molar-refractivity contribution in [3.63, 3.8) is 0 Å². The van der Waals surface area contributed by atoms with Gasteiger partial charge in [0.25, 0.3) is 0 Å². The van der Waals surface area contributed by atoms with Gasteiger partial charge in [0.2, 0.25) is 0 Å². The number of piperidine rings is 1. The fourth-order valence-electron chi connectivity index (χ4n) is 2.15. The van der Waals surface area contributed by atoms with E-state index in [1.165, 1.54) is 37.2 Å². The third-order valence-electron chi connectivity index (χ3n) is 3.21. The molecule has 2 rings (SSSR count). The van der Waals surface area contributed by atoms with Crippen LogP contribution in [0.25, 0.3) is 0 Å². The molecule has 0 aromatic heterocycles. The Morgan fingerprint density at radius 3 is 2.00 bits per heavy atom. The zero-order chi connectivity index (χ0) is 7.03. The lowest BCUT2D eigenvalue weighted by atomic mass is 9.63. The monoisotopic (exact) mass is 141 g/mol. The maximum absolute atomic E-state index is 9.09. The summed E-state index contributed by atoms with van der Waals surface area (Å²) in [4.78, 5) is 0. The molecule has 0 radical (unpaired) electrons. The highest BCUT2D eigenvalue weighted by molar-refractivity contribution is 4.90. The van der Waals surface area contributed by atoms with Crippen LogP contribution in [0, 0.1) is 5.41 Å². The Balaban J connectivity index is 1.90. The number of nitrogens with zero attached hydrogens (tertiary/aromatic N) is 1. The van der Waals surface area contributed by atoms with Crippen molar-refractivity contribution in [1.29, 1.82) is 0 Å². The lowest BCUT2D eigenvalue weighted by molar-refractivity contribution is -0.137. The van der Waals surface area contributed by atoms with Crippen LogP contribution in [0.1, 0.15) is 32.1 Å². The molecule has 1 heterocycles. The number of hydroxylamine groups is 2. The van der Waals surface area contributed by atoms with Crippen molar-refractivity contribution in [2.24, 2.45) is 5.41 Å².